The Hall–Kier alpha value is -2.64. The van der Waals surface area contributed by atoms with E-state index in [4.69, 9.17) is 9.47 Å². The number of likely N-dealkylation sites (tertiary alicyclic amines) is 1. The number of thiophene rings is 1. The summed E-state index contributed by atoms with van der Waals surface area (Å²) >= 11 is 1.46. The van der Waals surface area contributed by atoms with Gasteiger partial charge >= 0.3 is 0 Å². The summed E-state index contributed by atoms with van der Waals surface area (Å²) in [6.45, 7) is 1.74. The summed E-state index contributed by atoms with van der Waals surface area (Å²) < 4.78 is 10.7. The Morgan fingerprint density at radius 3 is 2.59 bits per heavy atom. The van der Waals surface area contributed by atoms with Crippen LogP contribution in [0.2, 0.25) is 0 Å². The lowest BCUT2D eigenvalue weighted by Gasteiger charge is -2.48. The number of β-lactam (4-membered cyclic amide) rings is 1. The van der Waals surface area contributed by atoms with Gasteiger partial charge in [0, 0.05) is 26.7 Å². The summed E-state index contributed by atoms with van der Waals surface area (Å²) in [6.07, 6.45) is 2.38. The van der Waals surface area contributed by atoms with Crippen LogP contribution in [0.25, 0.3) is 0 Å². The predicted molar refractivity (Wildman–Crippen MR) is 111 cm³/mol. The van der Waals surface area contributed by atoms with Gasteiger partial charge in [0.15, 0.2) is 6.10 Å². The van der Waals surface area contributed by atoms with Crippen molar-refractivity contribution in [3.05, 3.63) is 63.9 Å². The minimum Gasteiger partial charge on any atom is -0.497 e. The third kappa shape index (κ3) is 3.80. The summed E-state index contributed by atoms with van der Waals surface area (Å²) in [4.78, 5) is 29.6. The van der Waals surface area contributed by atoms with Crippen LogP contribution in [-0.2, 0) is 16.1 Å². The van der Waals surface area contributed by atoms with E-state index in [2.05, 4.69) is 6.08 Å². The fraction of sp³-hybridized carbons (Fsp3) is 0.364. The molecule has 0 spiro atoms. The van der Waals surface area contributed by atoms with Crippen molar-refractivity contribution >= 4 is 23.2 Å². The maximum absolute atomic E-state index is 12.6. The highest BCUT2D eigenvalue weighted by molar-refractivity contribution is 7.12. The summed E-state index contributed by atoms with van der Waals surface area (Å²) in [5.41, 5.74) is 2.21. The van der Waals surface area contributed by atoms with E-state index in [0.29, 0.717) is 19.6 Å². The van der Waals surface area contributed by atoms with Gasteiger partial charge in [-0.2, -0.15) is 0 Å². The lowest BCUT2D eigenvalue weighted by atomic mass is 9.86. The van der Waals surface area contributed by atoms with Crippen LogP contribution >= 0.6 is 11.3 Å². The van der Waals surface area contributed by atoms with Gasteiger partial charge in [-0.05, 0) is 41.1 Å². The molecule has 2 aliphatic heterocycles. The summed E-state index contributed by atoms with van der Waals surface area (Å²) in [5, 5.41) is 1.92. The highest BCUT2D eigenvalue weighted by Gasteiger charge is 2.49. The number of hydrogen-bond acceptors (Lipinski definition) is 5. The molecule has 1 aromatic heterocycles. The zero-order chi connectivity index (χ0) is 20.4. The lowest BCUT2D eigenvalue weighted by molar-refractivity contribution is -0.168. The van der Waals surface area contributed by atoms with E-state index in [0.717, 1.165) is 22.6 Å². The SMILES string of the molecule is COc1ccc(CN2C(=O)C(OC)C2C2=CCN(C(=O)c3cccs3)CC2)cc1. The van der Waals surface area contributed by atoms with E-state index in [1.54, 1.807) is 14.2 Å². The molecule has 29 heavy (non-hydrogen) atoms. The number of benzene rings is 1. The minimum atomic E-state index is -0.445. The second-order valence-electron chi connectivity index (χ2n) is 7.17. The average molecular weight is 413 g/mol. The normalized spacial score (nSPS) is 21.6. The first-order chi connectivity index (χ1) is 14.1. The highest BCUT2D eigenvalue weighted by Crippen LogP contribution is 2.33. The van der Waals surface area contributed by atoms with Crippen LogP contribution in [0.3, 0.4) is 0 Å². The average Bonchev–Trinajstić information content (AvgIpc) is 3.30. The Kier molecular flexibility index (Phi) is 5.69. The largest absolute Gasteiger partial charge is 0.497 e. The highest BCUT2D eigenvalue weighted by atomic mass is 32.1. The van der Waals surface area contributed by atoms with Crippen LogP contribution in [0.5, 0.6) is 5.75 Å². The molecular weight excluding hydrogens is 388 g/mol. The number of amides is 2. The fourth-order valence-corrected chi connectivity index (χ4v) is 4.63. The smallest absolute Gasteiger partial charge is 0.264 e. The van der Waals surface area contributed by atoms with Crippen molar-refractivity contribution in [2.24, 2.45) is 0 Å². The summed E-state index contributed by atoms with van der Waals surface area (Å²) in [6, 6.07) is 11.4. The van der Waals surface area contributed by atoms with E-state index in [-0.39, 0.29) is 17.9 Å². The standard InChI is InChI=1S/C22H24N2O4S/c1-27-17-7-5-15(6-8-17)14-24-19(20(28-2)22(24)26)16-9-11-23(12-10-16)21(25)18-4-3-13-29-18/h3-9,13,19-20H,10-12,14H2,1-2H3. The number of rotatable bonds is 6. The number of carbonyl (C=O) groups is 2. The molecule has 0 N–H and O–H groups in total. The van der Waals surface area contributed by atoms with Crippen molar-refractivity contribution in [3.63, 3.8) is 0 Å². The van der Waals surface area contributed by atoms with E-state index in [9.17, 15) is 9.59 Å². The number of ether oxygens (including phenoxy) is 2. The molecule has 6 nitrogen and oxygen atoms in total. The number of nitrogens with zero attached hydrogens (tertiary/aromatic N) is 2. The molecule has 1 aromatic carbocycles. The summed E-state index contributed by atoms with van der Waals surface area (Å²) in [7, 11) is 3.21. The quantitative estimate of drug-likeness (QED) is 0.541. The van der Waals surface area contributed by atoms with Crippen LogP contribution in [0, 0.1) is 0 Å². The third-order valence-corrected chi connectivity index (χ3v) is 6.42. The van der Waals surface area contributed by atoms with Gasteiger partial charge in [0.25, 0.3) is 11.8 Å². The maximum atomic E-state index is 12.6. The second-order valence-corrected chi connectivity index (χ2v) is 8.12. The van der Waals surface area contributed by atoms with Crippen LogP contribution in [-0.4, -0.2) is 61.1 Å². The van der Waals surface area contributed by atoms with Crippen molar-refractivity contribution in [1.82, 2.24) is 9.80 Å². The van der Waals surface area contributed by atoms with Crippen molar-refractivity contribution in [1.29, 1.82) is 0 Å². The van der Waals surface area contributed by atoms with Crippen molar-refractivity contribution in [2.45, 2.75) is 25.1 Å². The predicted octanol–water partition coefficient (Wildman–Crippen LogP) is 2.96. The molecule has 152 valence electrons. The van der Waals surface area contributed by atoms with Crippen LogP contribution in [0.1, 0.15) is 21.7 Å². The second kappa shape index (κ2) is 8.39. The molecule has 1 saturated heterocycles. The molecular formula is C22H24N2O4S. The van der Waals surface area contributed by atoms with E-state index < -0.39 is 6.10 Å². The molecule has 0 radical (unpaired) electrons. The van der Waals surface area contributed by atoms with Gasteiger partial charge in [0.1, 0.15) is 5.75 Å². The Labute approximate surface area is 174 Å². The molecule has 3 heterocycles. The van der Waals surface area contributed by atoms with Crippen LogP contribution < -0.4 is 4.74 Å². The van der Waals surface area contributed by atoms with Crippen molar-refractivity contribution < 1.29 is 19.1 Å². The van der Waals surface area contributed by atoms with Crippen LogP contribution in [0.15, 0.2) is 53.4 Å². The van der Waals surface area contributed by atoms with Gasteiger partial charge < -0.3 is 19.3 Å². The number of methoxy groups -OCH3 is 2. The Morgan fingerprint density at radius 2 is 2.00 bits per heavy atom. The van der Waals surface area contributed by atoms with E-state index in [1.165, 1.54) is 16.9 Å². The van der Waals surface area contributed by atoms with Crippen molar-refractivity contribution in [2.75, 3.05) is 27.3 Å². The molecule has 2 atom stereocenters. The van der Waals surface area contributed by atoms with Gasteiger partial charge in [-0.25, -0.2) is 0 Å². The van der Waals surface area contributed by atoms with Gasteiger partial charge in [-0.1, -0.05) is 24.3 Å². The van der Waals surface area contributed by atoms with E-state index >= 15 is 0 Å². The first-order valence-electron chi connectivity index (χ1n) is 9.60. The molecule has 7 heteroatoms. The van der Waals surface area contributed by atoms with Gasteiger partial charge in [0.05, 0.1) is 18.0 Å². The Morgan fingerprint density at radius 1 is 1.21 bits per heavy atom. The molecule has 2 aromatic rings. The summed E-state index contributed by atoms with van der Waals surface area (Å²) in [5.74, 6) is 0.866. The van der Waals surface area contributed by atoms with E-state index in [1.807, 2.05) is 51.6 Å². The van der Waals surface area contributed by atoms with Crippen LogP contribution in [0.4, 0.5) is 0 Å². The first kappa shape index (κ1) is 19.7. The molecule has 0 aliphatic carbocycles. The lowest BCUT2D eigenvalue weighted by Crippen LogP contribution is -2.66. The third-order valence-electron chi connectivity index (χ3n) is 5.56. The van der Waals surface area contributed by atoms with Crippen molar-refractivity contribution in [3.8, 4) is 5.75 Å². The minimum absolute atomic E-state index is 0.00584. The number of carbonyl (C=O) groups excluding carboxylic acids is 2. The number of hydrogen-bond donors (Lipinski definition) is 0. The van der Waals surface area contributed by atoms with Gasteiger partial charge in [0.2, 0.25) is 0 Å². The molecule has 2 aliphatic rings. The monoisotopic (exact) mass is 412 g/mol. The molecule has 1 fully saturated rings. The first-order valence-corrected chi connectivity index (χ1v) is 10.5. The fourth-order valence-electron chi connectivity index (χ4n) is 3.94. The Balaban J connectivity index is 1.46. The molecule has 2 amide bonds. The molecule has 2 unspecified atom stereocenters. The zero-order valence-electron chi connectivity index (χ0n) is 16.5. The topological polar surface area (TPSA) is 59.1 Å². The maximum Gasteiger partial charge on any atom is 0.264 e. The molecule has 0 bridgehead atoms. The van der Waals surface area contributed by atoms with Gasteiger partial charge in [-0.3, -0.25) is 9.59 Å². The van der Waals surface area contributed by atoms with Gasteiger partial charge in [-0.15, -0.1) is 11.3 Å². The Bertz CT molecular complexity index is 907. The zero-order valence-corrected chi connectivity index (χ0v) is 17.4. The molecule has 4 rings (SSSR count). The molecule has 0 saturated carbocycles.